The molecule has 5 nitrogen and oxygen atoms in total. The van der Waals surface area contributed by atoms with Gasteiger partial charge in [0.05, 0.1) is 0 Å². The fourth-order valence-electron chi connectivity index (χ4n) is 3.91. The topological polar surface area (TPSA) is 57.7 Å². The molecular weight excluding hydrogens is 506 g/mol. The van der Waals surface area contributed by atoms with E-state index in [1.54, 1.807) is 13.1 Å². The lowest BCUT2D eigenvalue weighted by molar-refractivity contribution is 0.0355. The summed E-state index contributed by atoms with van der Waals surface area (Å²) in [4.78, 5) is 4.34. The van der Waals surface area contributed by atoms with E-state index in [1.165, 1.54) is 11.6 Å². The Bertz CT molecular complexity index is 812. The minimum atomic E-state index is -0.164. The van der Waals surface area contributed by atoms with E-state index in [1.807, 2.05) is 18.2 Å². The minimum Gasteiger partial charge on any atom is -0.381 e. The molecule has 0 aliphatic carbocycles. The Kier molecular flexibility index (Phi) is 10.7. The van der Waals surface area contributed by atoms with Crippen LogP contribution in [0.3, 0.4) is 0 Å². The van der Waals surface area contributed by atoms with Crippen molar-refractivity contribution in [2.75, 3.05) is 33.4 Å². The molecule has 0 bridgehead atoms. The van der Waals surface area contributed by atoms with E-state index in [-0.39, 0.29) is 41.4 Å². The van der Waals surface area contributed by atoms with E-state index in [2.05, 4.69) is 52.1 Å². The van der Waals surface area contributed by atoms with Gasteiger partial charge in [0.25, 0.3) is 0 Å². The molecule has 3 N–H and O–H groups in total. The number of hydrogen-bond acceptors (Lipinski definition) is 3. The summed E-state index contributed by atoms with van der Waals surface area (Å²) in [7, 11) is 1.76. The molecule has 1 aliphatic rings. The molecule has 0 amide bonds. The van der Waals surface area contributed by atoms with Gasteiger partial charge < -0.3 is 20.7 Å². The average molecular weight is 540 g/mol. The highest BCUT2D eigenvalue weighted by atomic mass is 127. The smallest absolute Gasteiger partial charge is 0.191 e. The average Bonchev–Trinajstić information content (AvgIpc) is 2.78. The Morgan fingerprint density at radius 2 is 1.74 bits per heavy atom. The first-order valence-corrected chi connectivity index (χ1v) is 10.7. The largest absolute Gasteiger partial charge is 0.381 e. The molecule has 1 atom stereocenters. The van der Waals surface area contributed by atoms with Crippen LogP contribution in [0.25, 0.3) is 0 Å². The lowest BCUT2D eigenvalue weighted by atomic mass is 9.88. The maximum Gasteiger partial charge on any atom is 0.191 e. The highest BCUT2D eigenvalue weighted by molar-refractivity contribution is 14.0. The number of aliphatic imine (C=N–C) groups is 1. The molecule has 1 unspecified atom stereocenters. The number of nitrogens with zero attached hydrogens (tertiary/aromatic N) is 1. The van der Waals surface area contributed by atoms with Gasteiger partial charge >= 0.3 is 0 Å². The molecular formula is C24H34FIN4O. The molecule has 0 aromatic heterocycles. The first kappa shape index (κ1) is 25.5. The number of rotatable bonds is 8. The van der Waals surface area contributed by atoms with Gasteiger partial charge in [-0.3, -0.25) is 4.99 Å². The van der Waals surface area contributed by atoms with E-state index < -0.39 is 0 Å². The van der Waals surface area contributed by atoms with E-state index in [4.69, 9.17) is 4.74 Å². The van der Waals surface area contributed by atoms with Gasteiger partial charge in [-0.1, -0.05) is 48.5 Å². The molecule has 0 radical (unpaired) electrons. The van der Waals surface area contributed by atoms with Gasteiger partial charge in [0.1, 0.15) is 5.82 Å². The molecule has 3 rings (SSSR count). The minimum absolute atomic E-state index is 0. The van der Waals surface area contributed by atoms with E-state index >= 15 is 0 Å². The first-order valence-electron chi connectivity index (χ1n) is 10.7. The Morgan fingerprint density at radius 1 is 1.06 bits per heavy atom. The fraction of sp³-hybridized carbons (Fsp3) is 0.458. The van der Waals surface area contributed by atoms with Crippen LogP contribution < -0.4 is 16.0 Å². The molecule has 1 fully saturated rings. The fourth-order valence-corrected chi connectivity index (χ4v) is 3.91. The maximum absolute atomic E-state index is 13.8. The van der Waals surface area contributed by atoms with Crippen LogP contribution in [0.1, 0.15) is 36.9 Å². The van der Waals surface area contributed by atoms with Crippen molar-refractivity contribution in [3.8, 4) is 0 Å². The zero-order valence-electron chi connectivity index (χ0n) is 18.4. The lowest BCUT2D eigenvalue weighted by Crippen LogP contribution is -2.58. The number of halogens is 2. The normalized spacial score (nSPS) is 16.8. The highest BCUT2D eigenvalue weighted by Crippen LogP contribution is 2.25. The Balaban J connectivity index is 0.00000341. The van der Waals surface area contributed by atoms with Crippen molar-refractivity contribution in [2.24, 2.45) is 4.99 Å². The number of nitrogens with one attached hydrogen (secondary N) is 3. The second-order valence-corrected chi connectivity index (χ2v) is 7.86. The predicted molar refractivity (Wildman–Crippen MR) is 136 cm³/mol. The van der Waals surface area contributed by atoms with Crippen molar-refractivity contribution in [1.82, 2.24) is 16.0 Å². The van der Waals surface area contributed by atoms with Crippen LogP contribution in [0, 0.1) is 5.82 Å². The van der Waals surface area contributed by atoms with Crippen LogP contribution in [0.5, 0.6) is 0 Å². The van der Waals surface area contributed by atoms with Crippen LogP contribution in [0.4, 0.5) is 4.39 Å². The molecule has 0 spiro atoms. The number of ether oxygens (including phenoxy) is 1. The Labute approximate surface area is 202 Å². The summed E-state index contributed by atoms with van der Waals surface area (Å²) >= 11 is 0. The summed E-state index contributed by atoms with van der Waals surface area (Å²) in [6, 6.07) is 17.6. The zero-order chi connectivity index (χ0) is 21.2. The summed E-state index contributed by atoms with van der Waals surface area (Å²) in [6.45, 7) is 5.05. The van der Waals surface area contributed by atoms with Gasteiger partial charge in [0.2, 0.25) is 0 Å². The van der Waals surface area contributed by atoms with Crippen molar-refractivity contribution in [3.63, 3.8) is 0 Å². The van der Waals surface area contributed by atoms with Gasteiger partial charge in [-0.25, -0.2) is 4.39 Å². The Morgan fingerprint density at radius 3 is 2.42 bits per heavy atom. The zero-order valence-corrected chi connectivity index (χ0v) is 20.7. The quantitative estimate of drug-likeness (QED) is 0.269. The predicted octanol–water partition coefficient (Wildman–Crippen LogP) is 4.05. The first-order chi connectivity index (χ1) is 14.6. The second kappa shape index (κ2) is 13.0. The summed E-state index contributed by atoms with van der Waals surface area (Å²) < 4.78 is 19.4. The standard InChI is InChI=1S/C24H33FN4O.HI/c1-19(20-8-4-3-5-9-20)29-24(13-16-30-17-14-24)18-28-23(26-2)27-15-12-21-10-6-7-11-22(21)25;/h3-11,19,29H,12-18H2,1-2H3,(H2,26,27,28);1H. The highest BCUT2D eigenvalue weighted by Gasteiger charge is 2.34. The molecule has 1 heterocycles. The van der Waals surface area contributed by atoms with E-state index in [0.29, 0.717) is 18.5 Å². The van der Waals surface area contributed by atoms with Crippen molar-refractivity contribution in [3.05, 3.63) is 71.5 Å². The Hall–Kier alpha value is -1.71. The molecule has 170 valence electrons. The third-order valence-corrected chi connectivity index (χ3v) is 5.73. The van der Waals surface area contributed by atoms with Gasteiger partial charge in [-0.15, -0.1) is 24.0 Å². The molecule has 1 aliphatic heterocycles. The summed E-state index contributed by atoms with van der Waals surface area (Å²) in [6.07, 6.45) is 2.47. The molecule has 2 aromatic rings. The molecule has 2 aromatic carbocycles. The van der Waals surface area contributed by atoms with Crippen molar-refractivity contribution >= 4 is 29.9 Å². The lowest BCUT2D eigenvalue weighted by Gasteiger charge is -2.41. The number of benzene rings is 2. The SMILES string of the molecule is CN=C(NCCc1ccccc1F)NCC1(NC(C)c2ccccc2)CCOCC1.I. The van der Waals surface area contributed by atoms with Crippen LogP contribution >= 0.6 is 24.0 Å². The maximum atomic E-state index is 13.8. The van der Waals surface area contributed by atoms with E-state index in [9.17, 15) is 4.39 Å². The molecule has 1 saturated heterocycles. The summed E-state index contributed by atoms with van der Waals surface area (Å²) in [5, 5.41) is 10.6. The molecule has 0 saturated carbocycles. The van der Waals surface area contributed by atoms with Crippen molar-refractivity contribution in [2.45, 2.75) is 37.8 Å². The third kappa shape index (κ3) is 7.73. The van der Waals surface area contributed by atoms with Crippen LogP contribution in [-0.2, 0) is 11.2 Å². The van der Waals surface area contributed by atoms with Gasteiger partial charge in [-0.2, -0.15) is 0 Å². The molecule has 31 heavy (non-hydrogen) atoms. The van der Waals surface area contributed by atoms with Gasteiger partial charge in [-0.05, 0) is 43.4 Å². The number of hydrogen-bond donors (Lipinski definition) is 3. The van der Waals surface area contributed by atoms with Crippen molar-refractivity contribution < 1.29 is 9.13 Å². The van der Waals surface area contributed by atoms with Gasteiger partial charge in [0.15, 0.2) is 5.96 Å². The monoisotopic (exact) mass is 540 g/mol. The summed E-state index contributed by atoms with van der Waals surface area (Å²) in [5.41, 5.74) is 1.91. The number of guanidine groups is 1. The molecule has 7 heteroatoms. The van der Waals surface area contributed by atoms with E-state index in [0.717, 1.165) is 38.6 Å². The summed E-state index contributed by atoms with van der Waals surface area (Å²) in [5.74, 6) is 0.564. The van der Waals surface area contributed by atoms with Crippen molar-refractivity contribution in [1.29, 1.82) is 0 Å². The third-order valence-electron chi connectivity index (χ3n) is 5.73. The second-order valence-electron chi connectivity index (χ2n) is 7.86. The van der Waals surface area contributed by atoms with Crippen LogP contribution in [0.2, 0.25) is 0 Å². The van der Waals surface area contributed by atoms with Gasteiger partial charge in [0, 0.05) is 44.9 Å². The van der Waals surface area contributed by atoms with Crippen LogP contribution in [0.15, 0.2) is 59.6 Å². The van der Waals surface area contributed by atoms with Crippen LogP contribution in [-0.4, -0.2) is 44.8 Å².